The summed E-state index contributed by atoms with van der Waals surface area (Å²) >= 11 is 9.35. The highest BCUT2D eigenvalue weighted by Gasteiger charge is 2.08. The predicted octanol–water partition coefficient (Wildman–Crippen LogP) is 4.40. The van der Waals surface area contributed by atoms with Crippen LogP contribution in [-0.2, 0) is 6.61 Å². The van der Waals surface area contributed by atoms with Crippen LogP contribution in [0.25, 0.3) is 0 Å². The molecule has 2 nitrogen and oxygen atoms in total. The molecular formula is C13H10BrClFNO. The van der Waals surface area contributed by atoms with Crippen LogP contribution in [-0.4, -0.2) is 0 Å². The molecule has 5 heteroatoms. The second-order valence-electron chi connectivity index (χ2n) is 3.68. The molecule has 0 radical (unpaired) electrons. The standard InChI is InChI=1S/C13H10BrClFNO/c14-9-5-4-8(10(15)6-9)7-18-13-11(16)2-1-3-12(13)17/h1-6H,7,17H2. The first kappa shape index (κ1) is 13.2. The molecule has 2 aromatic carbocycles. The fourth-order valence-electron chi connectivity index (χ4n) is 1.47. The number of halogens is 3. The van der Waals surface area contributed by atoms with E-state index in [2.05, 4.69) is 15.9 Å². The van der Waals surface area contributed by atoms with E-state index in [9.17, 15) is 4.39 Å². The third-order valence-electron chi connectivity index (χ3n) is 2.38. The number of ether oxygens (including phenoxy) is 1. The zero-order chi connectivity index (χ0) is 13.1. The maximum atomic E-state index is 13.5. The maximum Gasteiger partial charge on any atom is 0.178 e. The van der Waals surface area contributed by atoms with E-state index in [1.54, 1.807) is 12.1 Å². The summed E-state index contributed by atoms with van der Waals surface area (Å²) in [6, 6.07) is 9.82. The van der Waals surface area contributed by atoms with Gasteiger partial charge < -0.3 is 10.5 Å². The van der Waals surface area contributed by atoms with E-state index in [4.69, 9.17) is 22.1 Å². The molecule has 0 aliphatic rings. The second kappa shape index (κ2) is 5.59. The van der Waals surface area contributed by atoms with Gasteiger partial charge in [-0.25, -0.2) is 4.39 Å². The van der Waals surface area contributed by atoms with Gasteiger partial charge in [-0.2, -0.15) is 0 Å². The Kier molecular flexibility index (Phi) is 4.09. The largest absolute Gasteiger partial charge is 0.484 e. The van der Waals surface area contributed by atoms with Crippen LogP contribution >= 0.6 is 27.5 Å². The Bertz CT molecular complexity index is 557. The van der Waals surface area contributed by atoms with Crippen molar-refractivity contribution in [1.82, 2.24) is 0 Å². The molecule has 0 aliphatic carbocycles. The molecule has 2 aromatic rings. The maximum absolute atomic E-state index is 13.5. The Morgan fingerprint density at radius 1 is 1.28 bits per heavy atom. The van der Waals surface area contributed by atoms with Crippen LogP contribution in [0, 0.1) is 5.82 Å². The molecule has 0 atom stereocenters. The fraction of sp³-hybridized carbons (Fsp3) is 0.0769. The van der Waals surface area contributed by atoms with Gasteiger partial charge in [0.1, 0.15) is 6.61 Å². The van der Waals surface area contributed by atoms with Crippen molar-refractivity contribution in [2.24, 2.45) is 0 Å². The van der Waals surface area contributed by atoms with Gasteiger partial charge in [-0.3, -0.25) is 0 Å². The minimum Gasteiger partial charge on any atom is -0.484 e. The van der Waals surface area contributed by atoms with Crippen molar-refractivity contribution in [3.63, 3.8) is 0 Å². The molecule has 2 N–H and O–H groups in total. The topological polar surface area (TPSA) is 35.2 Å². The molecule has 0 saturated carbocycles. The van der Waals surface area contributed by atoms with Crippen LogP contribution in [0.5, 0.6) is 5.75 Å². The average Bonchev–Trinajstić information content (AvgIpc) is 2.31. The van der Waals surface area contributed by atoms with E-state index in [0.29, 0.717) is 5.02 Å². The first-order chi connectivity index (χ1) is 8.58. The van der Waals surface area contributed by atoms with Crippen molar-refractivity contribution in [2.45, 2.75) is 6.61 Å². The van der Waals surface area contributed by atoms with Gasteiger partial charge >= 0.3 is 0 Å². The van der Waals surface area contributed by atoms with Gasteiger partial charge in [-0.05, 0) is 24.3 Å². The number of benzene rings is 2. The summed E-state index contributed by atoms with van der Waals surface area (Å²) in [7, 11) is 0. The molecule has 0 aliphatic heterocycles. The van der Waals surface area contributed by atoms with E-state index >= 15 is 0 Å². The first-order valence-electron chi connectivity index (χ1n) is 5.18. The smallest absolute Gasteiger partial charge is 0.178 e. The monoisotopic (exact) mass is 329 g/mol. The minimum atomic E-state index is -0.483. The summed E-state index contributed by atoms with van der Waals surface area (Å²) in [4.78, 5) is 0. The number of hydrogen-bond acceptors (Lipinski definition) is 2. The lowest BCUT2D eigenvalue weighted by Crippen LogP contribution is -2.01. The lowest BCUT2D eigenvalue weighted by Gasteiger charge is -2.10. The predicted molar refractivity (Wildman–Crippen MR) is 74.3 cm³/mol. The van der Waals surface area contributed by atoms with Crippen molar-refractivity contribution in [3.05, 3.63) is 57.3 Å². The Morgan fingerprint density at radius 3 is 2.72 bits per heavy atom. The van der Waals surface area contributed by atoms with E-state index < -0.39 is 5.82 Å². The number of nitrogens with two attached hydrogens (primary N) is 1. The van der Waals surface area contributed by atoms with Crippen LogP contribution in [0.15, 0.2) is 40.9 Å². The van der Waals surface area contributed by atoms with Crippen LogP contribution < -0.4 is 10.5 Å². The van der Waals surface area contributed by atoms with Gasteiger partial charge in [0.25, 0.3) is 0 Å². The lowest BCUT2D eigenvalue weighted by molar-refractivity contribution is 0.292. The van der Waals surface area contributed by atoms with Crippen LogP contribution in [0.4, 0.5) is 10.1 Å². The third kappa shape index (κ3) is 2.94. The number of rotatable bonds is 3. The number of hydrogen-bond donors (Lipinski definition) is 1. The van der Waals surface area contributed by atoms with Crippen LogP contribution in [0.1, 0.15) is 5.56 Å². The summed E-state index contributed by atoms with van der Waals surface area (Å²) in [5, 5.41) is 0.555. The molecule has 18 heavy (non-hydrogen) atoms. The minimum absolute atomic E-state index is 0.0523. The van der Waals surface area contributed by atoms with Crippen molar-refractivity contribution in [3.8, 4) is 5.75 Å². The highest BCUT2D eigenvalue weighted by molar-refractivity contribution is 9.10. The van der Waals surface area contributed by atoms with E-state index in [1.807, 2.05) is 12.1 Å². The lowest BCUT2D eigenvalue weighted by atomic mass is 10.2. The molecule has 0 bridgehead atoms. The van der Waals surface area contributed by atoms with Crippen molar-refractivity contribution >= 4 is 33.2 Å². The molecule has 0 saturated heterocycles. The summed E-state index contributed by atoms with van der Waals surface area (Å²) in [6.07, 6.45) is 0. The highest BCUT2D eigenvalue weighted by Crippen LogP contribution is 2.27. The summed E-state index contributed by atoms with van der Waals surface area (Å²) in [6.45, 7) is 0.164. The molecular weight excluding hydrogens is 321 g/mol. The van der Waals surface area contributed by atoms with Gasteiger partial charge in [-0.15, -0.1) is 0 Å². The summed E-state index contributed by atoms with van der Waals surface area (Å²) in [5.41, 5.74) is 6.68. The first-order valence-corrected chi connectivity index (χ1v) is 6.35. The highest BCUT2D eigenvalue weighted by atomic mass is 79.9. The zero-order valence-electron chi connectivity index (χ0n) is 9.29. The fourth-order valence-corrected chi connectivity index (χ4v) is 2.19. The SMILES string of the molecule is Nc1cccc(F)c1OCc1ccc(Br)cc1Cl. The molecule has 2 rings (SSSR count). The quantitative estimate of drug-likeness (QED) is 0.846. The van der Waals surface area contributed by atoms with Gasteiger partial charge in [0.15, 0.2) is 11.6 Å². The molecule has 0 spiro atoms. The Morgan fingerprint density at radius 2 is 2.06 bits per heavy atom. The van der Waals surface area contributed by atoms with E-state index in [-0.39, 0.29) is 18.0 Å². The average molecular weight is 331 g/mol. The Labute approximate surface area is 118 Å². The third-order valence-corrected chi connectivity index (χ3v) is 3.23. The number of nitrogen functional groups attached to an aromatic ring is 1. The zero-order valence-corrected chi connectivity index (χ0v) is 11.6. The van der Waals surface area contributed by atoms with Gasteiger partial charge in [0.2, 0.25) is 0 Å². The molecule has 94 valence electrons. The van der Waals surface area contributed by atoms with Gasteiger partial charge in [-0.1, -0.05) is 39.7 Å². The number of anilines is 1. The van der Waals surface area contributed by atoms with Crippen LogP contribution in [0.3, 0.4) is 0 Å². The normalized spacial score (nSPS) is 10.4. The van der Waals surface area contributed by atoms with E-state index in [1.165, 1.54) is 12.1 Å². The van der Waals surface area contributed by atoms with Crippen molar-refractivity contribution in [1.29, 1.82) is 0 Å². The van der Waals surface area contributed by atoms with Gasteiger partial charge in [0.05, 0.1) is 5.69 Å². The Hall–Kier alpha value is -1.26. The molecule has 0 fully saturated rings. The summed E-state index contributed by atoms with van der Waals surface area (Å²) in [5.74, 6) is -0.431. The molecule has 0 heterocycles. The van der Waals surface area contributed by atoms with Crippen LogP contribution in [0.2, 0.25) is 5.02 Å². The molecule has 0 amide bonds. The second-order valence-corrected chi connectivity index (χ2v) is 5.01. The molecule has 0 unspecified atom stereocenters. The van der Waals surface area contributed by atoms with Crippen molar-refractivity contribution < 1.29 is 9.13 Å². The summed E-state index contributed by atoms with van der Waals surface area (Å²) < 4.78 is 19.7. The Balaban J connectivity index is 2.16. The van der Waals surface area contributed by atoms with Gasteiger partial charge in [0, 0.05) is 15.1 Å². The number of para-hydroxylation sites is 1. The van der Waals surface area contributed by atoms with E-state index in [0.717, 1.165) is 10.0 Å². The van der Waals surface area contributed by atoms with Crippen molar-refractivity contribution in [2.75, 3.05) is 5.73 Å². The molecule has 0 aromatic heterocycles.